The number of halogens is 3. The summed E-state index contributed by atoms with van der Waals surface area (Å²) < 4.78 is 15.1. The van der Waals surface area contributed by atoms with Crippen molar-refractivity contribution in [3.63, 3.8) is 0 Å². The van der Waals surface area contributed by atoms with E-state index < -0.39 is 0 Å². The monoisotopic (exact) mass is 342 g/mol. The Morgan fingerprint density at radius 1 is 1.37 bits per heavy atom. The lowest BCUT2D eigenvalue weighted by Crippen LogP contribution is -2.19. The number of aromatic nitrogens is 1. The zero-order valence-electron chi connectivity index (χ0n) is 10.4. The first-order valence-corrected chi connectivity index (χ1v) is 7.09. The van der Waals surface area contributed by atoms with Crippen LogP contribution in [0.25, 0.3) is 0 Å². The van der Waals surface area contributed by atoms with E-state index in [4.69, 9.17) is 11.6 Å². The molecule has 0 bridgehead atoms. The predicted octanol–water partition coefficient (Wildman–Crippen LogP) is 4.36. The number of hydrogen-bond acceptors (Lipinski definition) is 2. The van der Waals surface area contributed by atoms with Crippen LogP contribution in [0.15, 0.2) is 41.0 Å². The van der Waals surface area contributed by atoms with Crippen LogP contribution in [0.3, 0.4) is 0 Å². The third-order valence-electron chi connectivity index (χ3n) is 2.77. The van der Waals surface area contributed by atoms with Gasteiger partial charge in [0.05, 0.1) is 5.88 Å². The van der Waals surface area contributed by atoms with Gasteiger partial charge >= 0.3 is 0 Å². The van der Waals surface area contributed by atoms with Crippen molar-refractivity contribution >= 4 is 33.3 Å². The van der Waals surface area contributed by atoms with Crippen molar-refractivity contribution in [1.29, 1.82) is 0 Å². The quantitative estimate of drug-likeness (QED) is 0.767. The van der Waals surface area contributed by atoms with E-state index in [1.807, 2.05) is 31.3 Å². The molecule has 0 spiro atoms. The molecular weight excluding hydrogens is 331 g/mol. The van der Waals surface area contributed by atoms with Crippen molar-refractivity contribution in [2.45, 2.75) is 12.4 Å². The van der Waals surface area contributed by atoms with Gasteiger partial charge in [-0.15, -0.1) is 11.6 Å². The van der Waals surface area contributed by atoms with E-state index in [0.29, 0.717) is 17.9 Å². The lowest BCUT2D eigenvalue weighted by Gasteiger charge is -2.19. The van der Waals surface area contributed by atoms with Crippen LogP contribution in [0.1, 0.15) is 11.1 Å². The molecule has 1 aromatic heterocycles. The minimum atomic E-state index is -0.352. The minimum absolute atomic E-state index is 0.145. The molecule has 0 amide bonds. The Balaban J connectivity index is 2.23. The zero-order valence-corrected chi connectivity index (χ0v) is 12.7. The van der Waals surface area contributed by atoms with Crippen LogP contribution in [0, 0.1) is 5.82 Å². The number of benzene rings is 1. The fraction of sp³-hybridized carbons (Fsp3) is 0.214. The lowest BCUT2D eigenvalue weighted by molar-refractivity contribution is 0.604. The largest absolute Gasteiger partial charge is 0.353 e. The molecule has 0 aliphatic carbocycles. The normalized spacial score (nSPS) is 10.5. The summed E-state index contributed by atoms with van der Waals surface area (Å²) >= 11 is 9.12. The van der Waals surface area contributed by atoms with Crippen molar-refractivity contribution < 1.29 is 4.39 Å². The topological polar surface area (TPSA) is 16.1 Å². The van der Waals surface area contributed by atoms with E-state index in [0.717, 1.165) is 10.0 Å². The second kappa shape index (κ2) is 6.35. The van der Waals surface area contributed by atoms with Gasteiger partial charge in [0, 0.05) is 29.8 Å². The van der Waals surface area contributed by atoms with E-state index in [1.54, 1.807) is 17.2 Å². The van der Waals surface area contributed by atoms with Gasteiger partial charge in [0.1, 0.15) is 0 Å². The number of hydrogen-bond donors (Lipinski definition) is 0. The molecule has 0 atom stereocenters. The number of anilines is 1. The van der Waals surface area contributed by atoms with Gasteiger partial charge in [0.2, 0.25) is 0 Å². The van der Waals surface area contributed by atoms with Gasteiger partial charge in [0.15, 0.2) is 11.6 Å². The van der Waals surface area contributed by atoms with Crippen LogP contribution < -0.4 is 4.90 Å². The SMILES string of the molecule is CN(Cc1cccc(Br)c1)c1nccc(CCl)c1F. The van der Waals surface area contributed by atoms with E-state index in [2.05, 4.69) is 20.9 Å². The molecule has 1 heterocycles. The highest BCUT2D eigenvalue weighted by Crippen LogP contribution is 2.22. The highest BCUT2D eigenvalue weighted by molar-refractivity contribution is 9.10. The average Bonchev–Trinajstić information content (AvgIpc) is 2.39. The van der Waals surface area contributed by atoms with Gasteiger partial charge in [-0.05, 0) is 23.8 Å². The van der Waals surface area contributed by atoms with E-state index in [-0.39, 0.29) is 11.7 Å². The maximum atomic E-state index is 14.1. The zero-order chi connectivity index (χ0) is 13.8. The van der Waals surface area contributed by atoms with Gasteiger partial charge in [-0.3, -0.25) is 0 Å². The van der Waals surface area contributed by atoms with E-state index in [9.17, 15) is 4.39 Å². The molecule has 100 valence electrons. The Bertz CT molecular complexity index is 577. The van der Waals surface area contributed by atoms with Crippen LogP contribution in [-0.4, -0.2) is 12.0 Å². The standard InChI is InChI=1S/C14H13BrClFN2/c1-19(9-10-3-2-4-12(15)7-10)14-13(17)11(8-16)5-6-18-14/h2-7H,8-9H2,1H3. The Kier molecular flexibility index (Phi) is 4.77. The predicted molar refractivity (Wildman–Crippen MR) is 80.0 cm³/mol. The summed E-state index contributed by atoms with van der Waals surface area (Å²) in [4.78, 5) is 5.86. The van der Waals surface area contributed by atoms with Crippen molar-refractivity contribution in [2.75, 3.05) is 11.9 Å². The second-order valence-corrected chi connectivity index (χ2v) is 5.41. The smallest absolute Gasteiger partial charge is 0.170 e. The molecule has 0 unspecified atom stereocenters. The fourth-order valence-corrected chi connectivity index (χ4v) is 2.48. The Labute approximate surface area is 125 Å². The highest BCUT2D eigenvalue weighted by atomic mass is 79.9. The molecular formula is C14H13BrClFN2. The number of nitrogens with zero attached hydrogens (tertiary/aromatic N) is 2. The fourth-order valence-electron chi connectivity index (χ4n) is 1.82. The molecule has 5 heteroatoms. The molecule has 0 saturated heterocycles. The molecule has 2 rings (SSSR count). The molecule has 19 heavy (non-hydrogen) atoms. The van der Waals surface area contributed by atoms with Gasteiger partial charge in [-0.1, -0.05) is 28.1 Å². The Hall–Kier alpha value is -1.13. The molecule has 2 aromatic rings. The molecule has 2 nitrogen and oxygen atoms in total. The van der Waals surface area contributed by atoms with Gasteiger partial charge in [-0.25, -0.2) is 9.37 Å². The maximum absolute atomic E-state index is 14.1. The summed E-state index contributed by atoms with van der Waals surface area (Å²) in [5.74, 6) is 0.111. The van der Waals surface area contributed by atoms with Crippen LogP contribution in [0.4, 0.5) is 10.2 Å². The molecule has 0 N–H and O–H groups in total. The summed E-state index contributed by atoms with van der Waals surface area (Å²) in [7, 11) is 1.81. The average molecular weight is 344 g/mol. The van der Waals surface area contributed by atoms with Gasteiger partial charge in [0.25, 0.3) is 0 Å². The first-order chi connectivity index (χ1) is 9.11. The second-order valence-electron chi connectivity index (χ2n) is 4.23. The Morgan fingerprint density at radius 2 is 2.16 bits per heavy atom. The van der Waals surface area contributed by atoms with Crippen LogP contribution in [0.5, 0.6) is 0 Å². The highest BCUT2D eigenvalue weighted by Gasteiger charge is 2.13. The first kappa shape index (κ1) is 14.3. The van der Waals surface area contributed by atoms with Crippen molar-refractivity contribution in [3.05, 3.63) is 57.9 Å². The van der Waals surface area contributed by atoms with Crippen LogP contribution >= 0.6 is 27.5 Å². The van der Waals surface area contributed by atoms with Crippen molar-refractivity contribution in [1.82, 2.24) is 4.98 Å². The van der Waals surface area contributed by atoms with Gasteiger partial charge < -0.3 is 4.90 Å². The maximum Gasteiger partial charge on any atom is 0.170 e. The van der Waals surface area contributed by atoms with E-state index in [1.165, 1.54) is 0 Å². The van der Waals surface area contributed by atoms with Crippen molar-refractivity contribution in [3.8, 4) is 0 Å². The van der Waals surface area contributed by atoms with Crippen LogP contribution in [0.2, 0.25) is 0 Å². The van der Waals surface area contributed by atoms with E-state index >= 15 is 0 Å². The molecule has 0 saturated carbocycles. The lowest BCUT2D eigenvalue weighted by atomic mass is 10.2. The molecule has 0 aliphatic heterocycles. The molecule has 0 aliphatic rings. The molecule has 0 radical (unpaired) electrons. The summed E-state index contributed by atoms with van der Waals surface area (Å²) in [5.41, 5.74) is 1.54. The third-order valence-corrected chi connectivity index (χ3v) is 3.55. The molecule has 0 fully saturated rings. The summed E-state index contributed by atoms with van der Waals surface area (Å²) in [6, 6.07) is 9.49. The molecule has 1 aromatic carbocycles. The Morgan fingerprint density at radius 3 is 2.84 bits per heavy atom. The summed E-state index contributed by atoms with van der Waals surface area (Å²) in [5, 5.41) is 0. The minimum Gasteiger partial charge on any atom is -0.353 e. The number of alkyl halides is 1. The van der Waals surface area contributed by atoms with Crippen molar-refractivity contribution in [2.24, 2.45) is 0 Å². The summed E-state index contributed by atoms with van der Waals surface area (Å²) in [6.07, 6.45) is 1.58. The first-order valence-electron chi connectivity index (χ1n) is 5.76. The van der Waals surface area contributed by atoms with Crippen LogP contribution in [-0.2, 0) is 12.4 Å². The summed E-state index contributed by atoms with van der Waals surface area (Å²) in [6.45, 7) is 0.578. The number of rotatable bonds is 4. The third kappa shape index (κ3) is 3.45. The number of pyridine rings is 1. The van der Waals surface area contributed by atoms with Gasteiger partial charge in [-0.2, -0.15) is 0 Å².